The first-order chi connectivity index (χ1) is 23.0. The van der Waals surface area contributed by atoms with Gasteiger partial charge in [0, 0.05) is 48.0 Å². The second kappa shape index (κ2) is 12.5. The number of likely N-dealkylation sites (tertiary alicyclic amines) is 1. The third-order valence-corrected chi connectivity index (χ3v) is 10.2. The SMILES string of the molecule is Cc1cc(C2CCN(C(=O)OC(C)(C)C)CC2)ccc1-c1cc(F)c2c(c1)C(=O)N(C(C(=O)Nc1nccs1)c1ncn3c1CCC3)C2. The van der Waals surface area contributed by atoms with Gasteiger partial charge in [0.05, 0.1) is 18.6 Å². The van der Waals surface area contributed by atoms with Gasteiger partial charge in [-0.25, -0.2) is 19.2 Å². The van der Waals surface area contributed by atoms with Crippen LogP contribution in [0.25, 0.3) is 11.1 Å². The minimum absolute atomic E-state index is 0.0392. The average Bonchev–Trinajstić information content (AvgIpc) is 3.85. The molecule has 1 N–H and O–H groups in total. The number of fused-ring (bicyclic) bond motifs is 2. The minimum Gasteiger partial charge on any atom is -0.444 e. The van der Waals surface area contributed by atoms with Crippen molar-refractivity contribution in [2.24, 2.45) is 0 Å². The van der Waals surface area contributed by atoms with Crippen LogP contribution >= 0.6 is 11.3 Å². The highest BCUT2D eigenvalue weighted by molar-refractivity contribution is 7.13. The monoisotopic (exact) mass is 670 g/mol. The topological polar surface area (TPSA) is 110 Å². The van der Waals surface area contributed by atoms with Crippen molar-refractivity contribution >= 4 is 34.4 Å². The summed E-state index contributed by atoms with van der Waals surface area (Å²) in [5.41, 5.74) is 5.03. The number of halogens is 1. The van der Waals surface area contributed by atoms with E-state index in [1.807, 2.05) is 38.3 Å². The van der Waals surface area contributed by atoms with Crippen molar-refractivity contribution in [3.05, 3.63) is 87.7 Å². The van der Waals surface area contributed by atoms with Crippen molar-refractivity contribution in [2.45, 2.75) is 84.0 Å². The number of rotatable bonds is 6. The molecule has 5 heterocycles. The largest absolute Gasteiger partial charge is 0.444 e. The number of imidazole rings is 1. The molecule has 2 aromatic carbocycles. The summed E-state index contributed by atoms with van der Waals surface area (Å²) in [6, 6.07) is 8.37. The molecule has 0 radical (unpaired) electrons. The summed E-state index contributed by atoms with van der Waals surface area (Å²) in [4.78, 5) is 52.3. The fraction of sp³-hybridized carbons (Fsp3) is 0.417. The molecule has 0 saturated carbocycles. The van der Waals surface area contributed by atoms with Crippen molar-refractivity contribution in [3.8, 4) is 11.1 Å². The van der Waals surface area contributed by atoms with Gasteiger partial charge in [-0.15, -0.1) is 11.3 Å². The molecular weight excluding hydrogens is 631 g/mol. The molecule has 3 aliphatic heterocycles. The summed E-state index contributed by atoms with van der Waals surface area (Å²) in [5, 5.41) is 5.02. The van der Waals surface area contributed by atoms with Crippen LogP contribution < -0.4 is 5.32 Å². The molecule has 4 aromatic rings. The first kappa shape index (κ1) is 32.0. The number of anilines is 1. The number of carbonyl (C=O) groups is 3. The van der Waals surface area contributed by atoms with E-state index in [1.54, 1.807) is 28.9 Å². The Bertz CT molecular complexity index is 1890. The third-order valence-electron chi connectivity index (χ3n) is 9.47. The molecule has 3 amide bonds. The van der Waals surface area contributed by atoms with Gasteiger partial charge in [-0.3, -0.25) is 14.9 Å². The smallest absolute Gasteiger partial charge is 0.410 e. The van der Waals surface area contributed by atoms with Crippen molar-refractivity contribution in [3.63, 3.8) is 0 Å². The Kier molecular flexibility index (Phi) is 8.31. The summed E-state index contributed by atoms with van der Waals surface area (Å²) < 4.78 is 23.4. The van der Waals surface area contributed by atoms with Gasteiger partial charge in [-0.05, 0) is 93.7 Å². The van der Waals surface area contributed by atoms with Crippen LogP contribution in [0.1, 0.15) is 90.4 Å². The van der Waals surface area contributed by atoms with E-state index >= 15 is 4.39 Å². The van der Waals surface area contributed by atoms with Crippen LogP contribution in [0.4, 0.5) is 14.3 Å². The fourth-order valence-electron chi connectivity index (χ4n) is 7.14. The Balaban J connectivity index is 1.12. The lowest BCUT2D eigenvalue weighted by molar-refractivity contribution is -0.121. The maximum atomic E-state index is 15.9. The maximum absolute atomic E-state index is 15.9. The fourth-order valence-corrected chi connectivity index (χ4v) is 7.67. The maximum Gasteiger partial charge on any atom is 0.410 e. The first-order valence-electron chi connectivity index (χ1n) is 16.4. The van der Waals surface area contributed by atoms with Gasteiger partial charge in [0.15, 0.2) is 11.2 Å². The van der Waals surface area contributed by atoms with Gasteiger partial charge in [0.25, 0.3) is 11.8 Å². The van der Waals surface area contributed by atoms with E-state index in [0.29, 0.717) is 35.4 Å². The van der Waals surface area contributed by atoms with Crippen LogP contribution in [-0.4, -0.2) is 60.9 Å². The van der Waals surface area contributed by atoms with Gasteiger partial charge in [0.1, 0.15) is 11.4 Å². The Morgan fingerprint density at radius 3 is 2.58 bits per heavy atom. The van der Waals surface area contributed by atoms with Gasteiger partial charge in [-0.2, -0.15) is 0 Å². The molecule has 12 heteroatoms. The highest BCUT2D eigenvalue weighted by Crippen LogP contribution is 2.39. The van der Waals surface area contributed by atoms with E-state index in [1.165, 1.54) is 27.9 Å². The summed E-state index contributed by atoms with van der Waals surface area (Å²) in [7, 11) is 0. The number of thiazole rings is 1. The molecule has 2 aromatic heterocycles. The van der Waals surface area contributed by atoms with Crippen LogP contribution in [0.5, 0.6) is 0 Å². The van der Waals surface area contributed by atoms with Gasteiger partial charge in [-0.1, -0.05) is 18.2 Å². The summed E-state index contributed by atoms with van der Waals surface area (Å²) >= 11 is 1.29. The zero-order valence-corrected chi connectivity index (χ0v) is 28.4. The number of piperidine rings is 1. The number of amides is 3. The lowest BCUT2D eigenvalue weighted by atomic mass is 9.86. The summed E-state index contributed by atoms with van der Waals surface area (Å²) in [5.74, 6) is -1.02. The summed E-state index contributed by atoms with van der Waals surface area (Å²) in [6.45, 7) is 9.61. The molecule has 250 valence electrons. The number of nitrogens with zero attached hydrogens (tertiary/aromatic N) is 5. The quantitative estimate of drug-likeness (QED) is 0.240. The molecule has 3 aliphatic rings. The second-order valence-electron chi connectivity index (χ2n) is 13.8. The molecule has 7 rings (SSSR count). The van der Waals surface area contributed by atoms with Crippen molar-refractivity contribution in [2.75, 3.05) is 18.4 Å². The molecular formula is C36H39FN6O4S. The highest BCUT2D eigenvalue weighted by atomic mass is 32.1. The zero-order chi connectivity index (χ0) is 33.7. The molecule has 10 nitrogen and oxygen atoms in total. The van der Waals surface area contributed by atoms with Crippen molar-refractivity contribution in [1.29, 1.82) is 0 Å². The molecule has 1 unspecified atom stereocenters. The number of ether oxygens (including phenoxy) is 1. The van der Waals surface area contributed by atoms with Crippen LogP contribution in [0, 0.1) is 12.7 Å². The van der Waals surface area contributed by atoms with E-state index in [2.05, 4.69) is 27.4 Å². The predicted molar refractivity (Wildman–Crippen MR) is 180 cm³/mol. The Morgan fingerprint density at radius 2 is 1.88 bits per heavy atom. The van der Waals surface area contributed by atoms with Crippen molar-refractivity contribution in [1.82, 2.24) is 24.3 Å². The number of aromatic nitrogens is 3. The van der Waals surface area contributed by atoms with Gasteiger partial charge >= 0.3 is 6.09 Å². The predicted octanol–water partition coefficient (Wildman–Crippen LogP) is 6.85. The van der Waals surface area contributed by atoms with Crippen LogP contribution in [-0.2, 0) is 29.0 Å². The minimum atomic E-state index is -1.03. The number of benzene rings is 2. The van der Waals surface area contributed by atoms with Gasteiger partial charge in [0.2, 0.25) is 0 Å². The first-order valence-corrected chi connectivity index (χ1v) is 17.3. The molecule has 48 heavy (non-hydrogen) atoms. The Hall–Kier alpha value is -4.58. The van der Waals surface area contributed by atoms with Gasteiger partial charge < -0.3 is 19.1 Å². The number of aryl methyl sites for hydroxylation is 2. The third kappa shape index (κ3) is 6.09. The number of hydrogen-bond acceptors (Lipinski definition) is 7. The van der Waals surface area contributed by atoms with Crippen molar-refractivity contribution < 1.29 is 23.5 Å². The number of carbonyl (C=O) groups excluding carboxylic acids is 3. The molecule has 1 atom stereocenters. The molecule has 0 spiro atoms. The second-order valence-corrected chi connectivity index (χ2v) is 14.7. The van der Waals surface area contributed by atoms with Crippen LogP contribution in [0.3, 0.4) is 0 Å². The van der Waals surface area contributed by atoms with E-state index in [9.17, 15) is 14.4 Å². The average molecular weight is 671 g/mol. The number of nitrogens with one attached hydrogen (secondary N) is 1. The summed E-state index contributed by atoms with van der Waals surface area (Å²) in [6.07, 6.45) is 6.37. The molecule has 1 fully saturated rings. The number of hydrogen-bond donors (Lipinski definition) is 1. The zero-order valence-electron chi connectivity index (χ0n) is 27.6. The molecule has 0 aliphatic carbocycles. The normalized spacial score (nSPS) is 17.0. The van der Waals surface area contributed by atoms with Crippen LogP contribution in [0.2, 0.25) is 0 Å². The molecule has 1 saturated heterocycles. The standard InChI is InChI=1S/C36H39FN6O4S/c1-21-16-23(22-9-13-41(14-10-22)35(46)47-36(2,3)4)7-8-25(21)24-17-26-27(28(37)18-24)19-43(33(26)45)31(32(44)40-34-38-11-15-48-34)30-29-6-5-12-42(29)20-39-30/h7-8,11,15-18,20,22,31H,5-6,9-10,12-14,19H2,1-4H3,(H,38,40,44). The van der Waals surface area contributed by atoms with E-state index in [0.717, 1.165) is 49.0 Å². The van der Waals surface area contributed by atoms with E-state index < -0.39 is 29.3 Å². The van der Waals surface area contributed by atoms with E-state index in [4.69, 9.17) is 4.74 Å². The van der Waals surface area contributed by atoms with Crippen LogP contribution in [0.15, 0.2) is 48.2 Å². The van der Waals surface area contributed by atoms with E-state index in [-0.39, 0.29) is 23.8 Å². The Morgan fingerprint density at radius 1 is 1.08 bits per heavy atom. The Labute approximate surface area is 282 Å². The lowest BCUT2D eigenvalue weighted by Crippen LogP contribution is -2.41. The molecule has 0 bridgehead atoms. The highest BCUT2D eigenvalue weighted by Gasteiger charge is 2.42. The lowest BCUT2D eigenvalue weighted by Gasteiger charge is -2.33.